The lowest BCUT2D eigenvalue weighted by molar-refractivity contribution is 0.0698. The fourth-order valence-corrected chi connectivity index (χ4v) is 2.15. The number of nitrogens with one attached hydrogen (secondary N) is 1. The summed E-state index contributed by atoms with van der Waals surface area (Å²) in [6, 6.07) is 4.14. The summed E-state index contributed by atoms with van der Waals surface area (Å²) >= 11 is 3.25. The van der Waals surface area contributed by atoms with E-state index in [9.17, 15) is 9.59 Å². The third kappa shape index (κ3) is 5.35. The molecule has 0 aliphatic rings. The zero-order valence-corrected chi connectivity index (χ0v) is 13.4. The summed E-state index contributed by atoms with van der Waals surface area (Å²) in [5.41, 5.74) is 0.243. The Kier molecular flexibility index (Phi) is 7.18. The predicted octanol–water partition coefficient (Wildman–Crippen LogP) is 2.77. The Hall–Kier alpha value is -1.60. The number of unbranched alkanes of at least 4 members (excludes halogenated alkanes) is 1. The summed E-state index contributed by atoms with van der Waals surface area (Å²) < 4.78 is 0.671. The van der Waals surface area contributed by atoms with Gasteiger partial charge in [0.15, 0.2) is 0 Å². The highest BCUT2D eigenvalue weighted by Gasteiger charge is 2.17. The number of carbonyl (C=O) groups is 2. The van der Waals surface area contributed by atoms with Crippen molar-refractivity contribution in [1.29, 1.82) is 0 Å². The highest BCUT2D eigenvalue weighted by atomic mass is 79.9. The van der Waals surface area contributed by atoms with Crippen LogP contribution in [-0.2, 0) is 0 Å². The van der Waals surface area contributed by atoms with Crippen LogP contribution in [0.25, 0.3) is 0 Å². The number of hydrogen-bond acceptors (Lipinski definition) is 3. The van der Waals surface area contributed by atoms with Gasteiger partial charge in [-0.05, 0) is 24.6 Å². The van der Waals surface area contributed by atoms with E-state index in [1.54, 1.807) is 6.07 Å². The largest absolute Gasteiger partial charge is 0.478 e. The lowest BCUT2D eigenvalue weighted by Crippen LogP contribution is -2.38. The molecule has 6 nitrogen and oxygen atoms in total. The normalized spacial score (nSPS) is 10.2. The van der Waals surface area contributed by atoms with Crippen molar-refractivity contribution in [3.63, 3.8) is 0 Å². The Bertz CT molecular complexity index is 508. The molecular formula is C14H19BrN2O4. The molecular weight excluding hydrogens is 340 g/mol. The number of hydrogen-bond donors (Lipinski definition) is 3. The zero-order valence-electron chi connectivity index (χ0n) is 11.8. The maximum absolute atomic E-state index is 12.2. The summed E-state index contributed by atoms with van der Waals surface area (Å²) in [6.45, 7) is 2.59. The first-order chi connectivity index (χ1) is 9.99. The first kappa shape index (κ1) is 17.5. The van der Waals surface area contributed by atoms with Crippen molar-refractivity contribution in [1.82, 2.24) is 4.90 Å². The highest BCUT2D eigenvalue weighted by molar-refractivity contribution is 9.10. The van der Waals surface area contributed by atoms with Gasteiger partial charge in [0, 0.05) is 17.6 Å². The van der Waals surface area contributed by atoms with Crippen molar-refractivity contribution in [2.24, 2.45) is 0 Å². The van der Waals surface area contributed by atoms with Gasteiger partial charge >= 0.3 is 12.0 Å². The van der Waals surface area contributed by atoms with Gasteiger partial charge < -0.3 is 20.4 Å². The van der Waals surface area contributed by atoms with Crippen LogP contribution in [0.3, 0.4) is 0 Å². The van der Waals surface area contributed by atoms with Gasteiger partial charge in [0.05, 0.1) is 17.9 Å². The summed E-state index contributed by atoms with van der Waals surface area (Å²) in [6.07, 6.45) is 1.74. The number of anilines is 1. The number of aliphatic hydroxyl groups is 1. The van der Waals surface area contributed by atoms with Gasteiger partial charge in [0.2, 0.25) is 0 Å². The van der Waals surface area contributed by atoms with E-state index in [-0.39, 0.29) is 24.4 Å². The number of aromatic carboxylic acids is 1. The van der Waals surface area contributed by atoms with Crippen molar-refractivity contribution in [3.05, 3.63) is 28.2 Å². The van der Waals surface area contributed by atoms with E-state index in [1.807, 2.05) is 6.92 Å². The maximum atomic E-state index is 12.2. The highest BCUT2D eigenvalue weighted by Crippen LogP contribution is 2.22. The quantitative estimate of drug-likeness (QED) is 0.698. The van der Waals surface area contributed by atoms with Crippen LogP contribution in [0.4, 0.5) is 10.5 Å². The molecule has 1 aromatic rings. The van der Waals surface area contributed by atoms with Crippen LogP contribution < -0.4 is 5.32 Å². The molecule has 1 aromatic carbocycles. The van der Waals surface area contributed by atoms with Crippen LogP contribution in [0.15, 0.2) is 22.7 Å². The van der Waals surface area contributed by atoms with E-state index in [0.29, 0.717) is 11.0 Å². The molecule has 0 radical (unpaired) electrons. The lowest BCUT2D eigenvalue weighted by Gasteiger charge is -2.22. The molecule has 21 heavy (non-hydrogen) atoms. The van der Waals surface area contributed by atoms with E-state index in [0.717, 1.165) is 12.8 Å². The van der Waals surface area contributed by atoms with Crippen LogP contribution >= 0.6 is 15.9 Å². The minimum atomic E-state index is -1.11. The molecule has 0 fully saturated rings. The number of amides is 2. The molecule has 0 aromatic heterocycles. The van der Waals surface area contributed by atoms with Crippen LogP contribution in [-0.4, -0.2) is 46.8 Å². The fourth-order valence-electron chi connectivity index (χ4n) is 1.79. The lowest BCUT2D eigenvalue weighted by atomic mass is 10.2. The molecule has 0 spiro atoms. The number of urea groups is 1. The molecule has 1 rings (SSSR count). The second kappa shape index (κ2) is 8.63. The van der Waals surface area contributed by atoms with E-state index < -0.39 is 12.0 Å². The molecule has 0 saturated carbocycles. The Labute approximate surface area is 131 Å². The SMILES string of the molecule is CCCCN(CCO)C(=O)Nc1cc(Br)ccc1C(=O)O. The zero-order chi connectivity index (χ0) is 15.8. The van der Waals surface area contributed by atoms with Crippen LogP contribution in [0.1, 0.15) is 30.1 Å². The van der Waals surface area contributed by atoms with E-state index in [2.05, 4.69) is 21.2 Å². The number of carboxylic acid groups (broad SMARTS) is 1. The summed E-state index contributed by atoms with van der Waals surface area (Å²) in [5, 5.41) is 20.7. The Morgan fingerprint density at radius 2 is 2.05 bits per heavy atom. The van der Waals surface area contributed by atoms with Gasteiger partial charge in [-0.25, -0.2) is 9.59 Å². The third-order valence-corrected chi connectivity index (χ3v) is 3.39. The molecule has 0 atom stereocenters. The van der Waals surface area contributed by atoms with Crippen LogP contribution in [0.5, 0.6) is 0 Å². The first-order valence-corrected chi connectivity index (χ1v) is 7.48. The molecule has 0 aliphatic carbocycles. The molecule has 116 valence electrons. The standard InChI is InChI=1S/C14H19BrN2O4/c1-2-3-6-17(7-8-18)14(21)16-12-9-10(15)4-5-11(12)13(19)20/h4-5,9,18H,2-3,6-8H2,1H3,(H,16,21)(H,19,20). The number of rotatable bonds is 7. The number of carbonyl (C=O) groups excluding carboxylic acids is 1. The molecule has 0 bridgehead atoms. The Morgan fingerprint density at radius 3 is 2.62 bits per heavy atom. The number of carboxylic acids is 1. The Balaban J connectivity index is 2.89. The van der Waals surface area contributed by atoms with Crippen molar-refractivity contribution < 1.29 is 19.8 Å². The van der Waals surface area contributed by atoms with Gasteiger partial charge in [0.25, 0.3) is 0 Å². The van der Waals surface area contributed by atoms with E-state index in [4.69, 9.17) is 10.2 Å². The first-order valence-electron chi connectivity index (χ1n) is 6.69. The average Bonchev–Trinajstić information content (AvgIpc) is 2.43. The summed E-state index contributed by atoms with van der Waals surface area (Å²) in [5.74, 6) is -1.11. The molecule has 0 unspecified atom stereocenters. The third-order valence-electron chi connectivity index (χ3n) is 2.89. The summed E-state index contributed by atoms with van der Waals surface area (Å²) in [7, 11) is 0. The van der Waals surface area contributed by atoms with Gasteiger partial charge in [-0.15, -0.1) is 0 Å². The van der Waals surface area contributed by atoms with Gasteiger partial charge in [-0.3, -0.25) is 0 Å². The van der Waals surface area contributed by atoms with Crippen LogP contribution in [0.2, 0.25) is 0 Å². The maximum Gasteiger partial charge on any atom is 0.337 e. The second-order valence-corrected chi connectivity index (χ2v) is 5.41. The summed E-state index contributed by atoms with van der Waals surface area (Å²) in [4.78, 5) is 24.8. The number of aliphatic hydroxyl groups excluding tert-OH is 1. The fraction of sp³-hybridized carbons (Fsp3) is 0.429. The van der Waals surface area contributed by atoms with Crippen molar-refractivity contribution in [2.75, 3.05) is 25.0 Å². The minimum absolute atomic E-state index is 0.0194. The van der Waals surface area contributed by atoms with E-state index >= 15 is 0 Å². The smallest absolute Gasteiger partial charge is 0.337 e. The van der Waals surface area contributed by atoms with Gasteiger partial charge in [0.1, 0.15) is 0 Å². The molecule has 7 heteroatoms. The Morgan fingerprint density at radius 1 is 1.33 bits per heavy atom. The molecule has 0 heterocycles. The van der Waals surface area contributed by atoms with Crippen molar-refractivity contribution in [2.45, 2.75) is 19.8 Å². The second-order valence-electron chi connectivity index (χ2n) is 4.49. The van der Waals surface area contributed by atoms with E-state index in [1.165, 1.54) is 17.0 Å². The van der Waals surface area contributed by atoms with Crippen LogP contribution in [0, 0.1) is 0 Å². The number of nitrogens with zero attached hydrogens (tertiary/aromatic N) is 1. The number of benzene rings is 1. The molecule has 3 N–H and O–H groups in total. The average molecular weight is 359 g/mol. The minimum Gasteiger partial charge on any atom is -0.478 e. The van der Waals surface area contributed by atoms with Crippen molar-refractivity contribution in [3.8, 4) is 0 Å². The predicted molar refractivity (Wildman–Crippen MR) is 83.7 cm³/mol. The molecule has 2 amide bonds. The van der Waals surface area contributed by atoms with Gasteiger partial charge in [-0.2, -0.15) is 0 Å². The van der Waals surface area contributed by atoms with Crippen molar-refractivity contribution >= 4 is 33.6 Å². The molecule has 0 aliphatic heterocycles. The topological polar surface area (TPSA) is 89.9 Å². The monoisotopic (exact) mass is 358 g/mol. The van der Waals surface area contributed by atoms with Gasteiger partial charge in [-0.1, -0.05) is 29.3 Å². The molecule has 0 saturated heterocycles. The number of halogens is 1.